The molecule has 0 radical (unpaired) electrons. The SMILES string of the molecule is CC(C)[C@H]1COC(=O)N1[C@H]1C(=O)N(Cc2ccccc2)[C@H]1[C@H](O[Si](C)(C)C(C)(C)C)c1ccccc1. The molecule has 0 aliphatic carbocycles. The predicted molar refractivity (Wildman–Crippen MR) is 144 cm³/mol. The van der Waals surface area contributed by atoms with Crippen molar-refractivity contribution in [3.05, 3.63) is 71.8 Å². The first-order valence-corrected chi connectivity index (χ1v) is 15.9. The number of carbonyl (C=O) groups excluding carboxylic acids is 2. The summed E-state index contributed by atoms with van der Waals surface area (Å²) < 4.78 is 12.6. The lowest BCUT2D eigenvalue weighted by Gasteiger charge is -2.55. The number of hydrogen-bond donors (Lipinski definition) is 0. The maximum atomic E-state index is 13.8. The van der Waals surface area contributed by atoms with Crippen LogP contribution in [0.1, 0.15) is 51.8 Å². The van der Waals surface area contributed by atoms with Gasteiger partial charge in [0.05, 0.1) is 18.2 Å². The highest BCUT2D eigenvalue weighted by molar-refractivity contribution is 6.74. The molecular formula is C29H40N2O4Si. The van der Waals surface area contributed by atoms with Crippen molar-refractivity contribution < 1.29 is 18.8 Å². The number of hydrogen-bond acceptors (Lipinski definition) is 4. The Morgan fingerprint density at radius 1 is 1.00 bits per heavy atom. The third kappa shape index (κ3) is 4.96. The van der Waals surface area contributed by atoms with Crippen molar-refractivity contribution >= 4 is 20.3 Å². The van der Waals surface area contributed by atoms with Gasteiger partial charge in [-0.05, 0) is 35.2 Å². The maximum absolute atomic E-state index is 13.8. The van der Waals surface area contributed by atoms with E-state index in [1.807, 2.05) is 53.4 Å². The van der Waals surface area contributed by atoms with E-state index in [4.69, 9.17) is 9.16 Å². The lowest BCUT2D eigenvalue weighted by molar-refractivity contribution is -0.168. The lowest BCUT2D eigenvalue weighted by atomic mass is 9.84. The molecule has 0 spiro atoms. The van der Waals surface area contributed by atoms with E-state index in [2.05, 4.69) is 59.8 Å². The molecule has 2 amide bonds. The van der Waals surface area contributed by atoms with Crippen LogP contribution < -0.4 is 0 Å². The molecule has 7 heteroatoms. The molecule has 2 saturated heterocycles. The first-order chi connectivity index (χ1) is 16.9. The van der Waals surface area contributed by atoms with Crippen molar-refractivity contribution in [2.75, 3.05) is 6.61 Å². The fourth-order valence-electron chi connectivity index (χ4n) is 4.88. The monoisotopic (exact) mass is 508 g/mol. The molecule has 4 rings (SSSR count). The number of benzene rings is 2. The summed E-state index contributed by atoms with van der Waals surface area (Å²) in [5, 5.41) is -0.0133. The van der Waals surface area contributed by atoms with Crippen LogP contribution in [-0.4, -0.2) is 54.9 Å². The Hall–Kier alpha value is -2.64. The summed E-state index contributed by atoms with van der Waals surface area (Å²) >= 11 is 0. The topological polar surface area (TPSA) is 59.1 Å². The van der Waals surface area contributed by atoms with Gasteiger partial charge < -0.3 is 14.1 Å². The average molecular weight is 509 g/mol. The largest absolute Gasteiger partial charge is 0.447 e. The molecule has 36 heavy (non-hydrogen) atoms. The number of cyclic esters (lactones) is 1. The Labute approximate surface area is 216 Å². The Bertz CT molecular complexity index is 1070. The number of carbonyl (C=O) groups is 2. The summed E-state index contributed by atoms with van der Waals surface area (Å²) in [4.78, 5) is 30.4. The van der Waals surface area contributed by atoms with E-state index in [0.717, 1.165) is 11.1 Å². The molecule has 2 fully saturated rings. The summed E-state index contributed by atoms with van der Waals surface area (Å²) in [5.41, 5.74) is 2.08. The zero-order valence-electron chi connectivity index (χ0n) is 22.6. The zero-order valence-corrected chi connectivity index (χ0v) is 23.6. The van der Waals surface area contributed by atoms with E-state index in [9.17, 15) is 9.59 Å². The summed E-state index contributed by atoms with van der Waals surface area (Å²) in [7, 11) is -2.24. The summed E-state index contributed by atoms with van der Waals surface area (Å²) in [6.45, 7) is 16.1. The number of β-lactam (4-membered cyclic amide) rings is 1. The van der Waals surface area contributed by atoms with E-state index in [-0.39, 0.29) is 35.1 Å². The van der Waals surface area contributed by atoms with E-state index in [0.29, 0.717) is 13.2 Å². The molecular weight excluding hydrogens is 468 g/mol. The van der Waals surface area contributed by atoms with Gasteiger partial charge in [0.15, 0.2) is 8.32 Å². The van der Waals surface area contributed by atoms with Crippen molar-refractivity contribution in [3.63, 3.8) is 0 Å². The molecule has 2 aliphatic heterocycles. The lowest BCUT2D eigenvalue weighted by Crippen LogP contribution is -2.74. The van der Waals surface area contributed by atoms with Crippen LogP contribution in [0.25, 0.3) is 0 Å². The van der Waals surface area contributed by atoms with Crippen LogP contribution in [0.2, 0.25) is 18.1 Å². The Morgan fingerprint density at radius 3 is 2.14 bits per heavy atom. The van der Waals surface area contributed by atoms with Gasteiger partial charge in [-0.15, -0.1) is 0 Å². The van der Waals surface area contributed by atoms with Gasteiger partial charge >= 0.3 is 6.09 Å². The molecule has 6 nitrogen and oxygen atoms in total. The van der Waals surface area contributed by atoms with Gasteiger partial charge in [0.1, 0.15) is 12.6 Å². The van der Waals surface area contributed by atoms with E-state index >= 15 is 0 Å². The standard InChI is InChI=1S/C29H40N2O4Si/c1-20(2)23-19-34-28(33)31(23)25-24(30(27(25)32)18-21-14-10-8-11-15-21)26(22-16-12-9-13-17-22)35-36(6,7)29(3,4)5/h8-17,20,23-26H,18-19H2,1-7H3/t23-,24-,25-,26-/m1/s1. The Morgan fingerprint density at radius 2 is 1.58 bits per heavy atom. The number of rotatable bonds is 8. The number of nitrogens with zero attached hydrogens (tertiary/aromatic N) is 2. The van der Waals surface area contributed by atoms with Crippen LogP contribution in [0.5, 0.6) is 0 Å². The Kier molecular flexibility index (Phi) is 7.35. The third-order valence-electron chi connectivity index (χ3n) is 8.10. The van der Waals surface area contributed by atoms with Crippen molar-refractivity contribution in [2.24, 2.45) is 5.92 Å². The van der Waals surface area contributed by atoms with Crippen molar-refractivity contribution in [3.8, 4) is 0 Å². The fourth-order valence-corrected chi connectivity index (χ4v) is 6.14. The average Bonchev–Trinajstić information content (AvgIpc) is 3.21. The highest BCUT2D eigenvalue weighted by Gasteiger charge is 2.60. The van der Waals surface area contributed by atoms with Crippen molar-refractivity contribution in [1.29, 1.82) is 0 Å². The second-order valence-corrected chi connectivity index (χ2v) is 16.6. The first-order valence-electron chi connectivity index (χ1n) is 12.9. The predicted octanol–water partition coefficient (Wildman–Crippen LogP) is 6.01. The minimum atomic E-state index is -2.24. The van der Waals surface area contributed by atoms with Crippen molar-refractivity contribution in [2.45, 2.75) is 83.5 Å². The Balaban J connectivity index is 1.79. The minimum absolute atomic E-state index is 0.0133. The fraction of sp³-hybridized carbons (Fsp3) is 0.517. The van der Waals surface area contributed by atoms with Crippen LogP contribution in [0.3, 0.4) is 0 Å². The molecule has 0 unspecified atom stereocenters. The van der Waals surface area contributed by atoms with Gasteiger partial charge in [0.25, 0.3) is 0 Å². The van der Waals surface area contributed by atoms with Crippen LogP contribution in [0.15, 0.2) is 60.7 Å². The highest BCUT2D eigenvalue weighted by atomic mass is 28.4. The molecule has 0 N–H and O–H groups in total. The summed E-state index contributed by atoms with van der Waals surface area (Å²) in [6.07, 6.45) is -0.768. The minimum Gasteiger partial charge on any atom is -0.447 e. The summed E-state index contributed by atoms with van der Waals surface area (Å²) in [5.74, 6) is 0.123. The van der Waals surface area contributed by atoms with Crippen LogP contribution in [0.4, 0.5) is 4.79 Å². The molecule has 0 bridgehead atoms. The van der Waals surface area contributed by atoms with Gasteiger partial charge in [-0.25, -0.2) is 4.79 Å². The highest BCUT2D eigenvalue weighted by Crippen LogP contribution is 2.46. The van der Waals surface area contributed by atoms with Gasteiger partial charge in [-0.2, -0.15) is 0 Å². The smallest absolute Gasteiger partial charge is 0.410 e. The number of likely N-dealkylation sites (tertiary alicyclic amines) is 1. The molecule has 2 heterocycles. The van der Waals surface area contributed by atoms with E-state index in [1.54, 1.807) is 4.90 Å². The van der Waals surface area contributed by atoms with E-state index in [1.165, 1.54) is 0 Å². The molecule has 0 saturated carbocycles. The van der Waals surface area contributed by atoms with Crippen LogP contribution >= 0.6 is 0 Å². The normalized spacial score (nSPS) is 23.6. The van der Waals surface area contributed by atoms with Gasteiger partial charge in [-0.1, -0.05) is 95.3 Å². The van der Waals surface area contributed by atoms with Crippen molar-refractivity contribution in [1.82, 2.24) is 9.80 Å². The van der Waals surface area contributed by atoms with Gasteiger partial charge in [0.2, 0.25) is 5.91 Å². The van der Waals surface area contributed by atoms with Gasteiger partial charge in [-0.3, -0.25) is 9.69 Å². The second kappa shape index (κ2) is 10.0. The first kappa shape index (κ1) is 26.4. The third-order valence-corrected chi connectivity index (χ3v) is 12.6. The van der Waals surface area contributed by atoms with Gasteiger partial charge in [0, 0.05) is 6.54 Å². The van der Waals surface area contributed by atoms with Crippen LogP contribution in [-0.2, 0) is 20.5 Å². The molecule has 2 aromatic carbocycles. The van der Waals surface area contributed by atoms with E-state index < -0.39 is 20.5 Å². The second-order valence-electron chi connectivity index (χ2n) is 11.9. The molecule has 2 aliphatic rings. The maximum Gasteiger partial charge on any atom is 0.410 e. The molecule has 0 aromatic heterocycles. The number of ether oxygens (including phenoxy) is 1. The summed E-state index contributed by atoms with van der Waals surface area (Å²) in [6, 6.07) is 19.1. The quantitative estimate of drug-likeness (QED) is 0.324. The molecule has 2 aromatic rings. The molecule has 4 atom stereocenters. The van der Waals surface area contributed by atoms with Crippen LogP contribution in [0, 0.1) is 5.92 Å². The molecule has 194 valence electrons. The zero-order chi connectivity index (χ0) is 26.3. The number of amides is 2.